The van der Waals surface area contributed by atoms with E-state index in [1.165, 1.54) is 50.5 Å². The maximum Gasteiger partial charge on any atom is 0.150 e. The van der Waals surface area contributed by atoms with Crippen LogP contribution in [0.4, 0.5) is 0 Å². The molecule has 0 aromatic heterocycles. The largest absolute Gasteiger partial charge is 0.298 e. The van der Waals surface area contributed by atoms with Crippen molar-refractivity contribution in [2.45, 2.75) is 57.8 Å². The maximum atomic E-state index is 10.7. The Morgan fingerprint density at radius 1 is 1.22 bits per heavy atom. The molecule has 0 radical (unpaired) electrons. The van der Waals surface area contributed by atoms with E-state index in [4.69, 9.17) is 0 Å². The minimum absolute atomic E-state index is 0.723. The van der Waals surface area contributed by atoms with Crippen molar-refractivity contribution in [2.75, 3.05) is 0 Å². The first-order chi connectivity index (χ1) is 8.83. The monoisotopic (exact) mass is 244 g/mol. The first-order valence-corrected chi connectivity index (χ1v) is 7.38. The van der Waals surface area contributed by atoms with Gasteiger partial charge in [0.2, 0.25) is 0 Å². The van der Waals surface area contributed by atoms with Crippen LogP contribution in [0.5, 0.6) is 0 Å². The molecule has 0 spiro atoms. The number of hydrogen-bond acceptors (Lipinski definition) is 1. The van der Waals surface area contributed by atoms with Crippen LogP contribution in [0.2, 0.25) is 0 Å². The quantitative estimate of drug-likeness (QED) is 0.669. The Morgan fingerprint density at radius 2 is 2.00 bits per heavy atom. The summed E-state index contributed by atoms with van der Waals surface area (Å²) in [5, 5.41) is 0. The van der Waals surface area contributed by atoms with Crippen LogP contribution >= 0.6 is 0 Å². The van der Waals surface area contributed by atoms with E-state index in [0.29, 0.717) is 0 Å². The highest BCUT2D eigenvalue weighted by molar-refractivity contribution is 5.74. The second-order valence-electron chi connectivity index (χ2n) is 5.66. The van der Waals surface area contributed by atoms with E-state index in [0.717, 1.165) is 23.7 Å². The van der Waals surface area contributed by atoms with E-state index in [1.54, 1.807) is 0 Å². The summed E-state index contributed by atoms with van der Waals surface area (Å²) in [6.45, 7) is 2.28. The molecule has 1 aromatic carbocycles. The van der Waals surface area contributed by atoms with E-state index < -0.39 is 0 Å². The Bertz CT molecular complexity index is 366. The number of hydrogen-bond donors (Lipinski definition) is 0. The predicted octanol–water partition coefficient (Wildman–Crippen LogP) is 4.96. The molecule has 0 saturated heterocycles. The van der Waals surface area contributed by atoms with Gasteiger partial charge in [-0.25, -0.2) is 0 Å². The Morgan fingerprint density at radius 3 is 2.67 bits per heavy atom. The first kappa shape index (κ1) is 13.3. The molecule has 2 atom stereocenters. The third-order valence-corrected chi connectivity index (χ3v) is 4.29. The van der Waals surface area contributed by atoms with Gasteiger partial charge in [0.25, 0.3) is 0 Å². The van der Waals surface area contributed by atoms with Gasteiger partial charge in [-0.15, -0.1) is 0 Å². The number of benzene rings is 1. The molecule has 1 heteroatoms. The molecular formula is C17H24O. The van der Waals surface area contributed by atoms with Crippen molar-refractivity contribution in [3.63, 3.8) is 0 Å². The van der Waals surface area contributed by atoms with Crippen LogP contribution in [-0.2, 0) is 0 Å². The van der Waals surface area contributed by atoms with Crippen molar-refractivity contribution >= 4 is 6.29 Å². The molecule has 1 aliphatic rings. The lowest BCUT2D eigenvalue weighted by atomic mass is 9.76. The Hall–Kier alpha value is -1.11. The lowest BCUT2D eigenvalue weighted by Gasteiger charge is -2.29. The van der Waals surface area contributed by atoms with Crippen molar-refractivity contribution < 1.29 is 4.79 Å². The Labute approximate surface area is 111 Å². The highest BCUT2D eigenvalue weighted by Gasteiger charge is 2.22. The van der Waals surface area contributed by atoms with E-state index in [1.807, 2.05) is 12.1 Å². The summed E-state index contributed by atoms with van der Waals surface area (Å²) in [6, 6.07) is 8.21. The fourth-order valence-electron chi connectivity index (χ4n) is 3.20. The van der Waals surface area contributed by atoms with Crippen molar-refractivity contribution in [1.29, 1.82) is 0 Å². The molecule has 0 heterocycles. The van der Waals surface area contributed by atoms with Gasteiger partial charge in [0, 0.05) is 5.56 Å². The van der Waals surface area contributed by atoms with Crippen molar-refractivity contribution in [3.8, 4) is 0 Å². The van der Waals surface area contributed by atoms with Gasteiger partial charge in [-0.3, -0.25) is 4.79 Å². The second kappa shape index (κ2) is 6.72. The van der Waals surface area contributed by atoms with E-state index >= 15 is 0 Å². The van der Waals surface area contributed by atoms with Gasteiger partial charge in [-0.05, 0) is 30.2 Å². The SMILES string of the molecule is CCCCC1CCCC(c2ccc(C=O)cc2)C1. The van der Waals surface area contributed by atoms with E-state index in [2.05, 4.69) is 19.1 Å². The van der Waals surface area contributed by atoms with Crippen LogP contribution in [0.15, 0.2) is 24.3 Å². The molecule has 1 saturated carbocycles. The van der Waals surface area contributed by atoms with Crippen molar-refractivity contribution in [3.05, 3.63) is 35.4 Å². The highest BCUT2D eigenvalue weighted by Crippen LogP contribution is 2.38. The van der Waals surface area contributed by atoms with Gasteiger partial charge >= 0.3 is 0 Å². The third kappa shape index (κ3) is 3.44. The Kier molecular flexibility index (Phi) is 4.98. The number of rotatable bonds is 5. The van der Waals surface area contributed by atoms with E-state index in [-0.39, 0.29) is 0 Å². The molecule has 2 rings (SSSR count). The molecule has 98 valence electrons. The van der Waals surface area contributed by atoms with Gasteiger partial charge < -0.3 is 0 Å². The van der Waals surface area contributed by atoms with Crippen LogP contribution in [0, 0.1) is 5.92 Å². The molecule has 1 fully saturated rings. The predicted molar refractivity (Wildman–Crippen MR) is 76.1 cm³/mol. The molecule has 0 aliphatic heterocycles. The molecular weight excluding hydrogens is 220 g/mol. The fourth-order valence-corrected chi connectivity index (χ4v) is 3.20. The molecule has 0 N–H and O–H groups in total. The average Bonchev–Trinajstić information content (AvgIpc) is 2.45. The minimum atomic E-state index is 0.723. The van der Waals surface area contributed by atoms with Crippen LogP contribution < -0.4 is 0 Å². The van der Waals surface area contributed by atoms with Crippen LogP contribution in [-0.4, -0.2) is 6.29 Å². The zero-order chi connectivity index (χ0) is 12.8. The molecule has 0 amide bonds. The van der Waals surface area contributed by atoms with Crippen molar-refractivity contribution in [1.82, 2.24) is 0 Å². The highest BCUT2D eigenvalue weighted by atomic mass is 16.1. The summed E-state index contributed by atoms with van der Waals surface area (Å²) in [6.07, 6.45) is 10.5. The maximum absolute atomic E-state index is 10.7. The zero-order valence-electron chi connectivity index (χ0n) is 11.4. The topological polar surface area (TPSA) is 17.1 Å². The summed E-state index contributed by atoms with van der Waals surface area (Å²) in [5.41, 5.74) is 2.22. The molecule has 18 heavy (non-hydrogen) atoms. The lowest BCUT2D eigenvalue weighted by Crippen LogP contribution is -2.14. The van der Waals surface area contributed by atoms with Crippen LogP contribution in [0.25, 0.3) is 0 Å². The van der Waals surface area contributed by atoms with Gasteiger partial charge in [-0.2, -0.15) is 0 Å². The van der Waals surface area contributed by atoms with Gasteiger partial charge in [-0.1, -0.05) is 63.3 Å². The van der Waals surface area contributed by atoms with Gasteiger partial charge in [0.05, 0.1) is 0 Å². The van der Waals surface area contributed by atoms with Crippen LogP contribution in [0.3, 0.4) is 0 Å². The summed E-state index contributed by atoms with van der Waals surface area (Å²) >= 11 is 0. The standard InChI is InChI=1S/C17H24O/c1-2-3-5-14-6-4-7-17(12-14)16-10-8-15(13-18)9-11-16/h8-11,13-14,17H,2-7,12H2,1H3. The number of unbranched alkanes of at least 4 members (excludes halogenated alkanes) is 1. The summed E-state index contributed by atoms with van der Waals surface area (Å²) < 4.78 is 0. The fraction of sp³-hybridized carbons (Fsp3) is 0.588. The summed E-state index contributed by atoms with van der Waals surface area (Å²) in [7, 11) is 0. The normalized spacial score (nSPS) is 23.8. The van der Waals surface area contributed by atoms with E-state index in [9.17, 15) is 4.79 Å². The molecule has 1 aliphatic carbocycles. The first-order valence-electron chi connectivity index (χ1n) is 7.38. The molecule has 2 unspecified atom stereocenters. The molecule has 1 aromatic rings. The van der Waals surface area contributed by atoms with Crippen molar-refractivity contribution in [2.24, 2.45) is 5.92 Å². The van der Waals surface area contributed by atoms with Gasteiger partial charge in [0.1, 0.15) is 6.29 Å². The summed E-state index contributed by atoms with van der Waals surface area (Å²) in [4.78, 5) is 10.7. The number of aldehydes is 1. The average molecular weight is 244 g/mol. The van der Waals surface area contributed by atoms with Gasteiger partial charge in [0.15, 0.2) is 0 Å². The summed E-state index contributed by atoms with van der Waals surface area (Å²) in [5.74, 6) is 1.65. The lowest BCUT2D eigenvalue weighted by molar-refractivity contribution is 0.112. The van der Waals surface area contributed by atoms with Crippen LogP contribution in [0.1, 0.15) is 73.7 Å². The third-order valence-electron chi connectivity index (χ3n) is 4.29. The zero-order valence-corrected chi connectivity index (χ0v) is 11.4. The number of carbonyl (C=O) groups is 1. The number of carbonyl (C=O) groups excluding carboxylic acids is 1. The molecule has 0 bridgehead atoms. The smallest absolute Gasteiger partial charge is 0.150 e. The minimum Gasteiger partial charge on any atom is -0.298 e. The second-order valence-corrected chi connectivity index (χ2v) is 5.66. The molecule has 1 nitrogen and oxygen atoms in total. The Balaban J connectivity index is 1.96.